The molecule has 0 aliphatic rings. The largest absolute Gasteiger partial charge is 0.573 e. The lowest BCUT2D eigenvalue weighted by Gasteiger charge is -2.20. The summed E-state index contributed by atoms with van der Waals surface area (Å²) in [6.45, 7) is 4.39. The van der Waals surface area contributed by atoms with Crippen LogP contribution in [0.3, 0.4) is 0 Å². The van der Waals surface area contributed by atoms with Crippen molar-refractivity contribution in [3.8, 4) is 5.75 Å². The fourth-order valence-corrected chi connectivity index (χ4v) is 2.58. The van der Waals surface area contributed by atoms with Crippen LogP contribution in [-0.4, -0.2) is 36.2 Å². The first-order chi connectivity index (χ1) is 13.6. The molecule has 0 unspecified atom stereocenters. The number of carbonyl (C=O) groups excluding carboxylic acids is 2. The van der Waals surface area contributed by atoms with Gasteiger partial charge in [-0.2, -0.15) is 0 Å². The number of ether oxygens (including phenoxy) is 1. The number of amides is 2. The van der Waals surface area contributed by atoms with Gasteiger partial charge in [-0.05, 0) is 48.5 Å². The second-order valence-electron chi connectivity index (χ2n) is 6.30. The van der Waals surface area contributed by atoms with Crippen molar-refractivity contribution in [1.82, 2.24) is 4.90 Å². The zero-order valence-electron chi connectivity index (χ0n) is 16.0. The molecular formula is C20H22F3N3O3. The zero-order valence-corrected chi connectivity index (χ0v) is 16.0. The molecule has 0 atom stereocenters. The molecule has 0 heterocycles. The predicted molar refractivity (Wildman–Crippen MR) is 103 cm³/mol. The van der Waals surface area contributed by atoms with E-state index in [1.807, 2.05) is 11.8 Å². The quantitative estimate of drug-likeness (QED) is 0.691. The van der Waals surface area contributed by atoms with E-state index < -0.39 is 6.36 Å². The number of nitrogens with one attached hydrogen (secondary N) is 2. The lowest BCUT2D eigenvalue weighted by atomic mass is 10.2. The molecule has 6 nitrogen and oxygen atoms in total. The fraction of sp³-hybridized carbons (Fsp3) is 0.300. The van der Waals surface area contributed by atoms with Gasteiger partial charge in [-0.1, -0.05) is 19.1 Å². The van der Waals surface area contributed by atoms with Crippen LogP contribution < -0.4 is 15.4 Å². The van der Waals surface area contributed by atoms with Crippen molar-refractivity contribution in [2.45, 2.75) is 26.8 Å². The molecule has 0 spiro atoms. The summed E-state index contributed by atoms with van der Waals surface area (Å²) in [5.41, 5.74) is 1.98. The average molecular weight is 409 g/mol. The smallest absolute Gasteiger partial charge is 0.406 e. The monoisotopic (exact) mass is 409 g/mol. The summed E-state index contributed by atoms with van der Waals surface area (Å²) < 4.78 is 40.5. The molecule has 156 valence electrons. The number of alkyl halides is 3. The highest BCUT2D eigenvalue weighted by Crippen LogP contribution is 2.23. The highest BCUT2D eigenvalue weighted by molar-refractivity contribution is 5.93. The minimum absolute atomic E-state index is 0.116. The first-order valence-corrected chi connectivity index (χ1v) is 8.89. The van der Waals surface area contributed by atoms with Crippen molar-refractivity contribution in [3.63, 3.8) is 0 Å². The van der Waals surface area contributed by atoms with E-state index in [-0.39, 0.29) is 24.1 Å². The van der Waals surface area contributed by atoms with E-state index in [1.165, 1.54) is 31.2 Å². The summed E-state index contributed by atoms with van der Waals surface area (Å²) in [4.78, 5) is 25.1. The van der Waals surface area contributed by atoms with E-state index in [4.69, 9.17) is 0 Å². The molecule has 2 aromatic carbocycles. The average Bonchev–Trinajstić information content (AvgIpc) is 2.62. The molecule has 0 aromatic heterocycles. The Morgan fingerprint density at radius 3 is 2.00 bits per heavy atom. The van der Waals surface area contributed by atoms with Gasteiger partial charge in [0.05, 0.1) is 6.54 Å². The number of benzene rings is 2. The number of hydrogen-bond acceptors (Lipinski definition) is 4. The van der Waals surface area contributed by atoms with Crippen molar-refractivity contribution in [2.75, 3.05) is 23.7 Å². The predicted octanol–water partition coefficient (Wildman–Crippen LogP) is 4.00. The van der Waals surface area contributed by atoms with Crippen LogP contribution in [0.25, 0.3) is 0 Å². The standard InChI is InChI=1S/C20H22F3N3O3/c1-3-26(12-15-4-10-18(11-5-15)29-20(21,22)23)13-19(28)25-17-8-6-16(7-9-17)24-14(2)27/h4-11H,3,12-13H2,1-2H3,(H,24,27)(H,25,28). The second-order valence-corrected chi connectivity index (χ2v) is 6.30. The maximum absolute atomic E-state index is 12.3. The summed E-state index contributed by atoms with van der Waals surface area (Å²) in [7, 11) is 0. The molecule has 2 N–H and O–H groups in total. The van der Waals surface area contributed by atoms with E-state index in [9.17, 15) is 22.8 Å². The van der Waals surface area contributed by atoms with Gasteiger partial charge >= 0.3 is 6.36 Å². The topological polar surface area (TPSA) is 70.7 Å². The van der Waals surface area contributed by atoms with Crippen LogP contribution in [0.2, 0.25) is 0 Å². The van der Waals surface area contributed by atoms with Crippen LogP contribution in [0.15, 0.2) is 48.5 Å². The van der Waals surface area contributed by atoms with Gasteiger partial charge in [0.2, 0.25) is 11.8 Å². The van der Waals surface area contributed by atoms with Gasteiger partial charge in [-0.3, -0.25) is 14.5 Å². The Morgan fingerprint density at radius 1 is 0.966 bits per heavy atom. The van der Waals surface area contributed by atoms with Crippen LogP contribution in [0, 0.1) is 0 Å². The van der Waals surface area contributed by atoms with E-state index in [0.29, 0.717) is 24.5 Å². The maximum Gasteiger partial charge on any atom is 0.573 e. The summed E-state index contributed by atoms with van der Waals surface area (Å²) >= 11 is 0. The summed E-state index contributed by atoms with van der Waals surface area (Å²) in [6.07, 6.45) is -4.73. The lowest BCUT2D eigenvalue weighted by molar-refractivity contribution is -0.274. The maximum atomic E-state index is 12.3. The van der Waals surface area contributed by atoms with Crippen molar-refractivity contribution in [2.24, 2.45) is 0 Å². The number of hydrogen-bond donors (Lipinski definition) is 2. The number of nitrogens with zero attached hydrogens (tertiary/aromatic N) is 1. The normalized spacial score (nSPS) is 11.2. The second kappa shape index (κ2) is 9.92. The molecule has 0 saturated carbocycles. The van der Waals surface area contributed by atoms with Gasteiger partial charge in [0.1, 0.15) is 5.75 Å². The van der Waals surface area contributed by atoms with E-state index >= 15 is 0 Å². The molecule has 0 radical (unpaired) electrons. The highest BCUT2D eigenvalue weighted by Gasteiger charge is 2.30. The van der Waals surface area contributed by atoms with E-state index in [1.54, 1.807) is 24.3 Å². The van der Waals surface area contributed by atoms with Gasteiger partial charge in [0, 0.05) is 24.8 Å². The van der Waals surface area contributed by atoms with Crippen LogP contribution in [0.4, 0.5) is 24.5 Å². The molecule has 0 aliphatic heterocycles. The number of halogens is 3. The Hall–Kier alpha value is -3.07. The Bertz CT molecular complexity index is 822. The number of likely N-dealkylation sites (N-methyl/N-ethyl adjacent to an activating group) is 1. The summed E-state index contributed by atoms with van der Waals surface area (Å²) in [6, 6.07) is 12.3. The third-order valence-electron chi connectivity index (χ3n) is 3.87. The van der Waals surface area contributed by atoms with Crippen LogP contribution in [0.1, 0.15) is 19.4 Å². The minimum atomic E-state index is -4.73. The van der Waals surface area contributed by atoms with Crippen molar-refractivity contribution in [3.05, 3.63) is 54.1 Å². The highest BCUT2D eigenvalue weighted by atomic mass is 19.4. The Balaban J connectivity index is 1.88. The molecular weight excluding hydrogens is 387 g/mol. The molecule has 29 heavy (non-hydrogen) atoms. The third-order valence-corrected chi connectivity index (χ3v) is 3.87. The van der Waals surface area contributed by atoms with Crippen LogP contribution in [0.5, 0.6) is 5.75 Å². The molecule has 2 rings (SSSR count). The van der Waals surface area contributed by atoms with Gasteiger partial charge < -0.3 is 15.4 Å². The molecule has 0 fully saturated rings. The van der Waals surface area contributed by atoms with Gasteiger partial charge in [-0.25, -0.2) is 0 Å². The van der Waals surface area contributed by atoms with E-state index in [2.05, 4.69) is 15.4 Å². The molecule has 2 amide bonds. The third kappa shape index (κ3) is 8.22. The van der Waals surface area contributed by atoms with Gasteiger partial charge in [-0.15, -0.1) is 13.2 Å². The summed E-state index contributed by atoms with van der Waals surface area (Å²) in [5, 5.41) is 5.41. The minimum Gasteiger partial charge on any atom is -0.406 e. The zero-order chi connectivity index (χ0) is 21.4. The van der Waals surface area contributed by atoms with Gasteiger partial charge in [0.25, 0.3) is 0 Å². The summed E-state index contributed by atoms with van der Waals surface area (Å²) in [5.74, 6) is -0.695. The van der Waals surface area contributed by atoms with Crippen molar-refractivity contribution in [1.29, 1.82) is 0 Å². The fourth-order valence-electron chi connectivity index (χ4n) is 2.58. The lowest BCUT2D eigenvalue weighted by Crippen LogP contribution is -2.32. The molecule has 0 bridgehead atoms. The van der Waals surface area contributed by atoms with Crippen molar-refractivity contribution < 1.29 is 27.5 Å². The first kappa shape index (κ1) is 22.2. The Kier molecular flexibility index (Phi) is 7.60. The molecule has 0 aliphatic carbocycles. The number of carbonyl (C=O) groups is 2. The van der Waals surface area contributed by atoms with Crippen LogP contribution >= 0.6 is 0 Å². The Labute approximate surface area is 166 Å². The SMILES string of the molecule is CCN(CC(=O)Nc1ccc(NC(C)=O)cc1)Cc1ccc(OC(F)(F)F)cc1. The number of rotatable bonds is 8. The molecule has 9 heteroatoms. The van der Waals surface area contributed by atoms with Crippen molar-refractivity contribution >= 4 is 23.2 Å². The van der Waals surface area contributed by atoms with Gasteiger partial charge in [0.15, 0.2) is 0 Å². The first-order valence-electron chi connectivity index (χ1n) is 8.89. The van der Waals surface area contributed by atoms with E-state index in [0.717, 1.165) is 5.56 Å². The molecule has 2 aromatic rings. The van der Waals surface area contributed by atoms with Crippen LogP contribution in [-0.2, 0) is 16.1 Å². The number of anilines is 2. The molecule has 0 saturated heterocycles. The Morgan fingerprint density at radius 2 is 1.52 bits per heavy atom.